The van der Waals surface area contributed by atoms with Gasteiger partial charge in [-0.1, -0.05) is 24.3 Å². The van der Waals surface area contributed by atoms with Crippen LogP contribution in [0, 0.1) is 0 Å². The van der Waals surface area contributed by atoms with Crippen LogP contribution in [-0.4, -0.2) is 23.2 Å². The molecule has 0 fully saturated rings. The van der Waals surface area contributed by atoms with Crippen LogP contribution in [0.4, 0.5) is 0 Å². The minimum Gasteiger partial charge on any atom is -0.472 e. The van der Waals surface area contributed by atoms with Gasteiger partial charge in [0.05, 0.1) is 17.4 Å². The summed E-state index contributed by atoms with van der Waals surface area (Å²) in [5.74, 6) is -0.224. The van der Waals surface area contributed by atoms with E-state index >= 15 is 0 Å². The molecular formula is C15H15NO3. The molecular weight excluding hydrogens is 242 g/mol. The molecule has 1 aliphatic rings. The number of rotatable bonds is 3. The van der Waals surface area contributed by atoms with Crippen molar-refractivity contribution in [3.05, 3.63) is 59.5 Å². The first-order valence-corrected chi connectivity index (χ1v) is 6.26. The summed E-state index contributed by atoms with van der Waals surface area (Å²) >= 11 is 0. The second kappa shape index (κ2) is 4.55. The maximum absolute atomic E-state index is 11.8. The van der Waals surface area contributed by atoms with Crippen molar-refractivity contribution in [1.29, 1.82) is 0 Å². The number of hydrogen-bond donors (Lipinski definition) is 2. The highest BCUT2D eigenvalue weighted by Crippen LogP contribution is 2.29. The van der Waals surface area contributed by atoms with Crippen LogP contribution in [0.25, 0.3) is 0 Å². The van der Waals surface area contributed by atoms with Gasteiger partial charge in [-0.25, -0.2) is 0 Å². The van der Waals surface area contributed by atoms with Crippen LogP contribution in [-0.2, 0) is 12.8 Å². The van der Waals surface area contributed by atoms with E-state index < -0.39 is 5.60 Å². The lowest BCUT2D eigenvalue weighted by Crippen LogP contribution is -2.43. The van der Waals surface area contributed by atoms with E-state index in [4.69, 9.17) is 4.42 Å². The van der Waals surface area contributed by atoms with Gasteiger partial charge in [-0.2, -0.15) is 0 Å². The number of hydrogen-bond acceptors (Lipinski definition) is 3. The predicted octanol–water partition coefficient (Wildman–Crippen LogP) is 1.54. The molecule has 0 aliphatic heterocycles. The van der Waals surface area contributed by atoms with E-state index in [1.54, 1.807) is 6.07 Å². The molecule has 0 atom stereocenters. The number of amides is 1. The molecule has 0 bridgehead atoms. The maximum Gasteiger partial charge on any atom is 0.254 e. The van der Waals surface area contributed by atoms with E-state index in [0.717, 1.165) is 11.1 Å². The summed E-state index contributed by atoms with van der Waals surface area (Å²) in [6.45, 7) is 0.242. The Kier molecular flexibility index (Phi) is 2.87. The normalized spacial score (nSPS) is 16.1. The van der Waals surface area contributed by atoms with E-state index in [1.165, 1.54) is 12.5 Å². The summed E-state index contributed by atoms with van der Waals surface area (Å²) in [7, 11) is 0. The van der Waals surface area contributed by atoms with Gasteiger partial charge in [-0.05, 0) is 17.2 Å². The molecule has 0 unspecified atom stereocenters. The standard InChI is InChI=1S/C15H15NO3/c17-14(13-5-6-19-9-13)16-10-15(18)7-11-3-1-2-4-12(11)8-15/h1-6,9,18H,7-8,10H2,(H,16,17). The van der Waals surface area contributed by atoms with Gasteiger partial charge in [-0.15, -0.1) is 0 Å². The topological polar surface area (TPSA) is 62.5 Å². The molecule has 1 amide bonds. The van der Waals surface area contributed by atoms with E-state index in [1.807, 2.05) is 24.3 Å². The quantitative estimate of drug-likeness (QED) is 0.876. The van der Waals surface area contributed by atoms with E-state index in [0.29, 0.717) is 18.4 Å². The molecule has 0 saturated heterocycles. The molecule has 1 aliphatic carbocycles. The van der Waals surface area contributed by atoms with Crippen molar-refractivity contribution >= 4 is 5.91 Å². The Morgan fingerprint density at radius 1 is 1.26 bits per heavy atom. The van der Waals surface area contributed by atoms with E-state index in [9.17, 15) is 9.90 Å². The Hall–Kier alpha value is -2.07. The zero-order valence-corrected chi connectivity index (χ0v) is 10.4. The predicted molar refractivity (Wildman–Crippen MR) is 69.8 cm³/mol. The van der Waals surface area contributed by atoms with Crippen molar-refractivity contribution in [3.63, 3.8) is 0 Å². The average molecular weight is 257 g/mol. The summed E-state index contributed by atoms with van der Waals surface area (Å²) in [6, 6.07) is 9.57. The number of carbonyl (C=O) groups is 1. The molecule has 1 heterocycles. The Labute approximate surface area is 111 Å². The zero-order chi connectivity index (χ0) is 13.3. The lowest BCUT2D eigenvalue weighted by Gasteiger charge is -2.22. The van der Waals surface area contributed by atoms with Gasteiger partial charge in [0.15, 0.2) is 0 Å². The van der Waals surface area contributed by atoms with Gasteiger partial charge >= 0.3 is 0 Å². The highest BCUT2D eigenvalue weighted by molar-refractivity contribution is 5.93. The Balaban J connectivity index is 1.64. The molecule has 98 valence electrons. The highest BCUT2D eigenvalue weighted by atomic mass is 16.3. The first-order valence-electron chi connectivity index (χ1n) is 6.26. The van der Waals surface area contributed by atoms with Gasteiger partial charge in [0, 0.05) is 19.4 Å². The lowest BCUT2D eigenvalue weighted by atomic mass is 10.0. The Morgan fingerprint density at radius 3 is 2.53 bits per heavy atom. The molecule has 2 N–H and O–H groups in total. The summed E-state index contributed by atoms with van der Waals surface area (Å²) in [6.07, 6.45) is 4.00. The molecule has 0 saturated carbocycles. The number of benzene rings is 1. The summed E-state index contributed by atoms with van der Waals surface area (Å²) in [5, 5.41) is 13.3. The molecule has 4 nitrogen and oxygen atoms in total. The summed E-state index contributed by atoms with van der Waals surface area (Å²) in [4.78, 5) is 11.8. The van der Waals surface area contributed by atoms with Gasteiger partial charge in [-0.3, -0.25) is 4.79 Å². The number of fused-ring (bicyclic) bond motifs is 1. The Morgan fingerprint density at radius 2 is 1.95 bits per heavy atom. The second-order valence-corrected chi connectivity index (χ2v) is 5.04. The second-order valence-electron chi connectivity index (χ2n) is 5.04. The smallest absolute Gasteiger partial charge is 0.254 e. The van der Waals surface area contributed by atoms with Crippen LogP contribution in [0.15, 0.2) is 47.3 Å². The third kappa shape index (κ3) is 2.39. The van der Waals surface area contributed by atoms with E-state index in [-0.39, 0.29) is 12.5 Å². The van der Waals surface area contributed by atoms with Crippen LogP contribution in [0.3, 0.4) is 0 Å². The molecule has 2 aromatic rings. The molecule has 0 radical (unpaired) electrons. The third-order valence-electron chi connectivity index (χ3n) is 3.52. The van der Waals surface area contributed by atoms with Crippen LogP contribution in [0.1, 0.15) is 21.5 Å². The maximum atomic E-state index is 11.8. The number of furan rings is 1. The molecule has 3 rings (SSSR count). The number of nitrogens with one attached hydrogen (secondary N) is 1. The van der Waals surface area contributed by atoms with Crippen molar-refractivity contribution < 1.29 is 14.3 Å². The van der Waals surface area contributed by atoms with Crippen molar-refractivity contribution in [3.8, 4) is 0 Å². The SMILES string of the molecule is O=C(NCC1(O)Cc2ccccc2C1)c1ccoc1. The fourth-order valence-electron chi connectivity index (χ4n) is 2.54. The van der Waals surface area contributed by atoms with Crippen LogP contribution in [0.5, 0.6) is 0 Å². The molecule has 19 heavy (non-hydrogen) atoms. The van der Waals surface area contributed by atoms with Crippen LogP contribution in [0.2, 0.25) is 0 Å². The van der Waals surface area contributed by atoms with Crippen LogP contribution >= 0.6 is 0 Å². The van der Waals surface area contributed by atoms with Gasteiger partial charge < -0.3 is 14.8 Å². The van der Waals surface area contributed by atoms with Gasteiger partial charge in [0.2, 0.25) is 0 Å². The fraction of sp³-hybridized carbons (Fsp3) is 0.267. The summed E-state index contributed by atoms with van der Waals surface area (Å²) in [5.41, 5.74) is 1.90. The third-order valence-corrected chi connectivity index (χ3v) is 3.52. The molecule has 4 heteroatoms. The van der Waals surface area contributed by atoms with Gasteiger partial charge in [0.1, 0.15) is 6.26 Å². The van der Waals surface area contributed by atoms with Crippen molar-refractivity contribution in [2.24, 2.45) is 0 Å². The zero-order valence-electron chi connectivity index (χ0n) is 10.4. The van der Waals surface area contributed by atoms with Crippen LogP contribution < -0.4 is 5.32 Å². The molecule has 1 aromatic carbocycles. The summed E-state index contributed by atoms with van der Waals surface area (Å²) < 4.78 is 4.86. The minimum atomic E-state index is -0.886. The average Bonchev–Trinajstić information content (AvgIpc) is 3.02. The molecule has 1 aromatic heterocycles. The highest BCUT2D eigenvalue weighted by Gasteiger charge is 2.35. The first kappa shape index (κ1) is 12.0. The van der Waals surface area contributed by atoms with Crippen molar-refractivity contribution in [2.45, 2.75) is 18.4 Å². The van der Waals surface area contributed by atoms with Crippen molar-refractivity contribution in [2.75, 3.05) is 6.54 Å². The minimum absolute atomic E-state index is 0.224. The number of carbonyl (C=O) groups excluding carboxylic acids is 1. The number of aliphatic hydroxyl groups is 1. The monoisotopic (exact) mass is 257 g/mol. The first-order chi connectivity index (χ1) is 9.16. The fourth-order valence-corrected chi connectivity index (χ4v) is 2.54. The lowest BCUT2D eigenvalue weighted by molar-refractivity contribution is 0.0479. The molecule has 0 spiro atoms. The van der Waals surface area contributed by atoms with Crippen molar-refractivity contribution in [1.82, 2.24) is 5.32 Å². The van der Waals surface area contributed by atoms with E-state index in [2.05, 4.69) is 5.32 Å². The van der Waals surface area contributed by atoms with Gasteiger partial charge in [0.25, 0.3) is 5.91 Å². The largest absolute Gasteiger partial charge is 0.472 e. The Bertz CT molecular complexity index is 564.